The summed E-state index contributed by atoms with van der Waals surface area (Å²) in [6.45, 7) is 0.522. The molecule has 0 saturated heterocycles. The molecule has 0 aliphatic rings. The maximum Gasteiger partial charge on any atom is 0.227 e. The van der Waals surface area contributed by atoms with Crippen LogP contribution in [0.25, 0.3) is 0 Å². The number of halogens is 1. The minimum Gasteiger partial charge on any atom is -0.356 e. The standard InChI is InChI=1S/C20H20FN3O4S/c21-16-6-8-17(9-7-16)29(26,27)14-18-23-20(28-24-18)11-10-19(25)22-13-12-15-4-2-1-3-5-15/h1-9H,10-14H2,(H,22,25). The molecule has 0 aliphatic carbocycles. The van der Waals surface area contributed by atoms with Gasteiger partial charge in [0.1, 0.15) is 11.6 Å². The number of sulfone groups is 1. The summed E-state index contributed by atoms with van der Waals surface area (Å²) < 4.78 is 42.6. The molecule has 2 aromatic carbocycles. The Labute approximate surface area is 167 Å². The molecular weight excluding hydrogens is 397 g/mol. The van der Waals surface area contributed by atoms with Crippen LogP contribution in [0.2, 0.25) is 0 Å². The van der Waals surface area contributed by atoms with Gasteiger partial charge in [-0.25, -0.2) is 12.8 Å². The number of carbonyl (C=O) groups excluding carboxylic acids is 1. The fourth-order valence-corrected chi connectivity index (χ4v) is 3.82. The van der Waals surface area contributed by atoms with Crippen molar-refractivity contribution >= 4 is 15.7 Å². The summed E-state index contributed by atoms with van der Waals surface area (Å²) >= 11 is 0. The number of aryl methyl sites for hydroxylation is 1. The minimum atomic E-state index is -3.72. The van der Waals surface area contributed by atoms with E-state index in [1.807, 2.05) is 30.3 Å². The molecular formula is C20H20FN3O4S. The first kappa shape index (κ1) is 20.7. The minimum absolute atomic E-state index is 0.00573. The second kappa shape index (κ2) is 9.42. The number of rotatable bonds is 9. The number of hydrogen-bond donors (Lipinski definition) is 1. The van der Waals surface area contributed by atoms with E-state index in [9.17, 15) is 17.6 Å². The highest BCUT2D eigenvalue weighted by atomic mass is 32.2. The van der Waals surface area contributed by atoms with Crippen LogP contribution in [0.5, 0.6) is 0 Å². The SMILES string of the molecule is O=C(CCc1nc(CS(=O)(=O)c2ccc(F)cc2)no1)NCCc1ccccc1. The second-order valence-corrected chi connectivity index (χ2v) is 8.39. The molecule has 3 rings (SSSR count). The van der Waals surface area contributed by atoms with E-state index in [1.165, 1.54) is 12.1 Å². The van der Waals surface area contributed by atoms with Crippen LogP contribution in [0.4, 0.5) is 4.39 Å². The molecule has 0 unspecified atom stereocenters. The van der Waals surface area contributed by atoms with Crippen LogP contribution in [0, 0.1) is 5.82 Å². The lowest BCUT2D eigenvalue weighted by atomic mass is 10.1. The molecule has 1 heterocycles. The van der Waals surface area contributed by atoms with Crippen LogP contribution < -0.4 is 5.32 Å². The van der Waals surface area contributed by atoms with E-state index in [-0.39, 0.29) is 35.4 Å². The molecule has 0 radical (unpaired) electrons. The Morgan fingerprint density at radius 3 is 2.48 bits per heavy atom. The summed E-state index contributed by atoms with van der Waals surface area (Å²) in [5, 5.41) is 6.47. The van der Waals surface area contributed by atoms with Gasteiger partial charge in [-0.15, -0.1) is 0 Å². The molecule has 1 amide bonds. The summed E-state index contributed by atoms with van der Waals surface area (Å²) in [6.07, 6.45) is 1.10. The Hall–Kier alpha value is -3.07. The molecule has 9 heteroatoms. The zero-order valence-electron chi connectivity index (χ0n) is 15.5. The number of benzene rings is 2. The number of nitrogens with one attached hydrogen (secondary N) is 1. The van der Waals surface area contributed by atoms with Crippen molar-refractivity contribution in [2.24, 2.45) is 0 Å². The smallest absolute Gasteiger partial charge is 0.227 e. The average molecular weight is 417 g/mol. The number of carbonyl (C=O) groups is 1. The van der Waals surface area contributed by atoms with Crippen molar-refractivity contribution < 1.29 is 22.1 Å². The molecule has 0 saturated carbocycles. The third kappa shape index (κ3) is 6.21. The van der Waals surface area contributed by atoms with Crippen molar-refractivity contribution in [3.05, 3.63) is 77.7 Å². The van der Waals surface area contributed by atoms with E-state index in [0.29, 0.717) is 6.54 Å². The van der Waals surface area contributed by atoms with Gasteiger partial charge in [0.2, 0.25) is 11.8 Å². The maximum absolute atomic E-state index is 13.0. The quantitative estimate of drug-likeness (QED) is 0.537. The first-order valence-electron chi connectivity index (χ1n) is 9.03. The zero-order valence-corrected chi connectivity index (χ0v) is 16.4. The van der Waals surface area contributed by atoms with Crippen LogP contribution in [0.15, 0.2) is 64.0 Å². The summed E-state index contributed by atoms with van der Waals surface area (Å²) in [7, 11) is -3.72. The van der Waals surface area contributed by atoms with Gasteiger partial charge in [0.25, 0.3) is 0 Å². The number of nitrogens with zero attached hydrogens (tertiary/aromatic N) is 2. The van der Waals surface area contributed by atoms with E-state index in [0.717, 1.165) is 24.1 Å². The van der Waals surface area contributed by atoms with Gasteiger partial charge in [-0.3, -0.25) is 4.79 Å². The van der Waals surface area contributed by atoms with Crippen LogP contribution in [-0.4, -0.2) is 31.0 Å². The largest absolute Gasteiger partial charge is 0.356 e. The lowest BCUT2D eigenvalue weighted by Gasteiger charge is -2.04. The molecule has 0 aliphatic heterocycles. The highest BCUT2D eigenvalue weighted by Crippen LogP contribution is 2.16. The molecule has 0 spiro atoms. The van der Waals surface area contributed by atoms with E-state index in [1.54, 1.807) is 0 Å². The van der Waals surface area contributed by atoms with Gasteiger partial charge in [-0.05, 0) is 36.2 Å². The van der Waals surface area contributed by atoms with Gasteiger partial charge in [-0.2, -0.15) is 4.98 Å². The molecule has 0 atom stereocenters. The van der Waals surface area contributed by atoms with E-state index in [2.05, 4.69) is 15.5 Å². The van der Waals surface area contributed by atoms with E-state index < -0.39 is 21.4 Å². The van der Waals surface area contributed by atoms with Crippen LogP contribution >= 0.6 is 0 Å². The lowest BCUT2D eigenvalue weighted by molar-refractivity contribution is -0.121. The average Bonchev–Trinajstić information content (AvgIpc) is 3.14. The van der Waals surface area contributed by atoms with Crippen molar-refractivity contribution in [2.75, 3.05) is 6.54 Å². The summed E-state index contributed by atoms with van der Waals surface area (Å²) in [5.74, 6) is -0.959. The normalized spacial score (nSPS) is 11.3. The van der Waals surface area contributed by atoms with Gasteiger partial charge in [0.15, 0.2) is 15.7 Å². The van der Waals surface area contributed by atoms with Gasteiger partial charge in [-0.1, -0.05) is 35.5 Å². The van der Waals surface area contributed by atoms with Crippen LogP contribution in [-0.2, 0) is 33.2 Å². The van der Waals surface area contributed by atoms with E-state index >= 15 is 0 Å². The Balaban J connectivity index is 1.46. The zero-order chi connectivity index (χ0) is 20.7. The molecule has 7 nitrogen and oxygen atoms in total. The van der Waals surface area contributed by atoms with E-state index in [4.69, 9.17) is 4.52 Å². The molecule has 3 aromatic rings. The van der Waals surface area contributed by atoms with Gasteiger partial charge >= 0.3 is 0 Å². The molecule has 1 N–H and O–H groups in total. The van der Waals surface area contributed by atoms with Crippen molar-refractivity contribution in [1.29, 1.82) is 0 Å². The molecule has 152 valence electrons. The summed E-state index contributed by atoms with van der Waals surface area (Å²) in [5.41, 5.74) is 1.14. The fourth-order valence-electron chi connectivity index (χ4n) is 2.65. The first-order chi connectivity index (χ1) is 13.9. The monoisotopic (exact) mass is 417 g/mol. The van der Waals surface area contributed by atoms with Crippen LogP contribution in [0.1, 0.15) is 23.7 Å². The van der Waals surface area contributed by atoms with Gasteiger partial charge in [0.05, 0.1) is 4.90 Å². The highest BCUT2D eigenvalue weighted by Gasteiger charge is 2.19. The Kier molecular flexibility index (Phi) is 6.71. The number of hydrogen-bond acceptors (Lipinski definition) is 6. The van der Waals surface area contributed by atoms with Crippen LogP contribution in [0.3, 0.4) is 0 Å². The Bertz CT molecular complexity index is 1050. The second-order valence-electron chi connectivity index (χ2n) is 6.40. The molecule has 0 bridgehead atoms. The number of amides is 1. The summed E-state index contributed by atoms with van der Waals surface area (Å²) in [4.78, 5) is 15.9. The van der Waals surface area contributed by atoms with Gasteiger partial charge in [0, 0.05) is 19.4 Å². The van der Waals surface area contributed by atoms with Crippen molar-refractivity contribution in [2.45, 2.75) is 29.9 Å². The topological polar surface area (TPSA) is 102 Å². The highest BCUT2D eigenvalue weighted by molar-refractivity contribution is 7.90. The predicted molar refractivity (Wildman–Crippen MR) is 103 cm³/mol. The van der Waals surface area contributed by atoms with Crippen molar-refractivity contribution in [1.82, 2.24) is 15.5 Å². The Morgan fingerprint density at radius 1 is 1.03 bits per heavy atom. The third-order valence-electron chi connectivity index (χ3n) is 4.15. The lowest BCUT2D eigenvalue weighted by Crippen LogP contribution is -2.25. The fraction of sp³-hybridized carbons (Fsp3) is 0.250. The Morgan fingerprint density at radius 2 is 1.76 bits per heavy atom. The maximum atomic E-state index is 13.0. The predicted octanol–water partition coefficient (Wildman–Crippen LogP) is 2.47. The molecule has 0 fully saturated rings. The number of aromatic nitrogens is 2. The summed E-state index contributed by atoms with van der Waals surface area (Å²) in [6, 6.07) is 14.3. The van der Waals surface area contributed by atoms with Crippen molar-refractivity contribution in [3.8, 4) is 0 Å². The van der Waals surface area contributed by atoms with Crippen molar-refractivity contribution in [3.63, 3.8) is 0 Å². The molecule has 1 aromatic heterocycles. The third-order valence-corrected chi connectivity index (χ3v) is 5.78. The molecule has 29 heavy (non-hydrogen) atoms. The van der Waals surface area contributed by atoms with Gasteiger partial charge < -0.3 is 9.84 Å². The first-order valence-corrected chi connectivity index (χ1v) is 10.7.